The molecular weight excluding hydrogens is 290 g/mol. The molecule has 0 unspecified atom stereocenters. The second kappa shape index (κ2) is 6.46. The van der Waals surface area contributed by atoms with E-state index in [4.69, 9.17) is 0 Å². The number of amides is 1. The second-order valence-electron chi connectivity index (χ2n) is 6.08. The molecule has 2 aliphatic heterocycles. The first-order valence-corrected chi connectivity index (χ1v) is 9.03. The van der Waals surface area contributed by atoms with E-state index in [0.29, 0.717) is 31.8 Å². The lowest BCUT2D eigenvalue weighted by atomic mass is 10.2. The van der Waals surface area contributed by atoms with Crippen LogP contribution >= 0.6 is 0 Å². The zero-order valence-corrected chi connectivity index (χ0v) is 13.7. The second-order valence-corrected chi connectivity index (χ2v) is 8.05. The van der Waals surface area contributed by atoms with Gasteiger partial charge in [0.25, 0.3) is 0 Å². The predicted octanol–water partition coefficient (Wildman–Crippen LogP) is 0.131. The van der Waals surface area contributed by atoms with Gasteiger partial charge in [0.2, 0.25) is 15.9 Å². The van der Waals surface area contributed by atoms with Gasteiger partial charge < -0.3 is 4.90 Å². The summed E-state index contributed by atoms with van der Waals surface area (Å²) in [5, 5.41) is 0. The van der Waals surface area contributed by atoms with Crippen molar-refractivity contribution in [2.45, 2.75) is 25.8 Å². The molecule has 0 radical (unpaired) electrons. The van der Waals surface area contributed by atoms with Gasteiger partial charge in [0.15, 0.2) is 0 Å². The lowest BCUT2D eigenvalue weighted by Crippen LogP contribution is -2.54. The molecule has 21 heavy (non-hydrogen) atoms. The quantitative estimate of drug-likeness (QED) is 0.692. The number of hydrogen-bond acceptors (Lipinski definition) is 4. The fourth-order valence-corrected chi connectivity index (χ4v) is 4.55. The van der Waals surface area contributed by atoms with E-state index < -0.39 is 10.0 Å². The maximum Gasteiger partial charge on any atom is 0.240 e. The molecule has 2 heterocycles. The summed E-state index contributed by atoms with van der Waals surface area (Å²) in [6.07, 6.45) is 1.96. The third kappa shape index (κ3) is 3.84. The van der Waals surface area contributed by atoms with Crippen molar-refractivity contribution < 1.29 is 13.2 Å². The number of carbonyl (C=O) groups is 1. The largest absolute Gasteiger partial charge is 0.339 e. The van der Waals surface area contributed by atoms with Gasteiger partial charge in [-0.3, -0.25) is 9.69 Å². The Morgan fingerprint density at radius 1 is 1.19 bits per heavy atom. The van der Waals surface area contributed by atoms with Gasteiger partial charge in [-0.25, -0.2) is 8.42 Å². The minimum atomic E-state index is -3.28. The molecule has 6 nitrogen and oxygen atoms in total. The monoisotopic (exact) mass is 315 g/mol. The van der Waals surface area contributed by atoms with E-state index in [1.165, 1.54) is 4.31 Å². The molecule has 0 aromatic carbocycles. The molecule has 2 fully saturated rings. The molecule has 1 atom stereocenters. The molecule has 7 heteroatoms. The van der Waals surface area contributed by atoms with Crippen LogP contribution in [0.25, 0.3) is 0 Å². The lowest BCUT2D eigenvalue weighted by Gasteiger charge is -2.36. The Balaban J connectivity index is 1.91. The topological polar surface area (TPSA) is 60.9 Å². The molecule has 2 rings (SSSR count). The molecule has 0 spiro atoms. The van der Waals surface area contributed by atoms with E-state index in [9.17, 15) is 13.2 Å². The van der Waals surface area contributed by atoms with Crippen LogP contribution in [0.2, 0.25) is 0 Å². The van der Waals surface area contributed by atoms with Gasteiger partial charge in [0.05, 0.1) is 11.8 Å². The summed E-state index contributed by atoms with van der Waals surface area (Å²) >= 11 is 0. The third-order valence-electron chi connectivity index (χ3n) is 4.18. The molecule has 1 amide bonds. The van der Waals surface area contributed by atoms with Crippen LogP contribution in [0.1, 0.15) is 19.8 Å². The standard InChI is InChI=1S/C14H25N3O3S/c1-12(2)11-21(19,20)17-9-7-16(8-10-17)14(18)13-5-4-6-15(13)3/h13H,1,4-11H2,2-3H3/t13-/m1/s1. The van der Waals surface area contributed by atoms with Crippen LogP contribution < -0.4 is 0 Å². The highest BCUT2D eigenvalue weighted by Gasteiger charge is 2.34. The van der Waals surface area contributed by atoms with E-state index in [1.807, 2.05) is 7.05 Å². The van der Waals surface area contributed by atoms with Crippen molar-refractivity contribution in [1.29, 1.82) is 0 Å². The molecule has 2 saturated heterocycles. The van der Waals surface area contributed by atoms with Crippen LogP contribution in [-0.2, 0) is 14.8 Å². The van der Waals surface area contributed by atoms with Crippen molar-refractivity contribution >= 4 is 15.9 Å². The maximum atomic E-state index is 12.4. The number of carbonyl (C=O) groups excluding carboxylic acids is 1. The molecule has 0 bridgehead atoms. The van der Waals surface area contributed by atoms with Gasteiger partial charge in [0, 0.05) is 26.2 Å². The van der Waals surface area contributed by atoms with Crippen LogP contribution in [0.4, 0.5) is 0 Å². The molecule has 0 aromatic heterocycles. The van der Waals surface area contributed by atoms with Crippen LogP contribution in [0, 0.1) is 0 Å². The Morgan fingerprint density at radius 3 is 2.29 bits per heavy atom. The molecule has 120 valence electrons. The van der Waals surface area contributed by atoms with Crippen molar-refractivity contribution in [2.24, 2.45) is 0 Å². The number of likely N-dealkylation sites (tertiary alicyclic amines) is 1. The molecule has 0 saturated carbocycles. The van der Waals surface area contributed by atoms with Crippen molar-refractivity contribution in [1.82, 2.24) is 14.1 Å². The van der Waals surface area contributed by atoms with Gasteiger partial charge in [-0.05, 0) is 33.4 Å². The minimum Gasteiger partial charge on any atom is -0.339 e. The van der Waals surface area contributed by atoms with Gasteiger partial charge in [-0.1, -0.05) is 12.2 Å². The smallest absolute Gasteiger partial charge is 0.240 e. The first kappa shape index (κ1) is 16.5. The Kier molecular flexibility index (Phi) is 5.06. The number of hydrogen-bond donors (Lipinski definition) is 0. The molecule has 2 aliphatic rings. The number of sulfonamides is 1. The number of piperazine rings is 1. The highest BCUT2D eigenvalue weighted by Crippen LogP contribution is 2.19. The van der Waals surface area contributed by atoms with Crippen LogP contribution in [0.15, 0.2) is 12.2 Å². The molecule has 0 N–H and O–H groups in total. The zero-order chi connectivity index (χ0) is 15.6. The van der Waals surface area contributed by atoms with E-state index in [2.05, 4.69) is 11.5 Å². The zero-order valence-electron chi connectivity index (χ0n) is 12.9. The lowest BCUT2D eigenvalue weighted by molar-refractivity contribution is -0.136. The third-order valence-corrected chi connectivity index (χ3v) is 6.19. The first-order chi connectivity index (χ1) is 9.81. The van der Waals surface area contributed by atoms with Gasteiger partial charge in [-0.2, -0.15) is 4.31 Å². The van der Waals surface area contributed by atoms with Crippen molar-refractivity contribution in [3.63, 3.8) is 0 Å². The van der Waals surface area contributed by atoms with E-state index in [1.54, 1.807) is 11.8 Å². The Bertz CT molecular complexity index is 510. The summed E-state index contributed by atoms with van der Waals surface area (Å²) in [4.78, 5) is 16.3. The summed E-state index contributed by atoms with van der Waals surface area (Å²) in [6.45, 7) is 8.08. The SMILES string of the molecule is C=C(C)CS(=O)(=O)N1CCN(C(=O)[C@H]2CCCN2C)CC1. The summed E-state index contributed by atoms with van der Waals surface area (Å²) < 4.78 is 25.7. The van der Waals surface area contributed by atoms with Gasteiger partial charge >= 0.3 is 0 Å². The van der Waals surface area contributed by atoms with Gasteiger partial charge in [0.1, 0.15) is 0 Å². The summed E-state index contributed by atoms with van der Waals surface area (Å²) in [5.41, 5.74) is 0.640. The minimum absolute atomic E-state index is 0.00763. The maximum absolute atomic E-state index is 12.4. The van der Waals surface area contributed by atoms with E-state index >= 15 is 0 Å². The number of likely N-dealkylation sites (N-methyl/N-ethyl adjacent to an activating group) is 1. The predicted molar refractivity (Wildman–Crippen MR) is 82.4 cm³/mol. The summed E-state index contributed by atoms with van der Waals surface area (Å²) in [7, 11) is -1.30. The van der Waals surface area contributed by atoms with Crippen molar-refractivity contribution in [3.8, 4) is 0 Å². The molecule has 0 aliphatic carbocycles. The van der Waals surface area contributed by atoms with Gasteiger partial charge in [-0.15, -0.1) is 0 Å². The number of rotatable bonds is 4. The summed E-state index contributed by atoms with van der Waals surface area (Å²) in [6, 6.07) is -0.0245. The molecular formula is C14H25N3O3S. The fraction of sp³-hybridized carbons (Fsp3) is 0.786. The number of nitrogens with zero attached hydrogens (tertiary/aromatic N) is 3. The van der Waals surface area contributed by atoms with Crippen LogP contribution in [0.3, 0.4) is 0 Å². The van der Waals surface area contributed by atoms with Crippen LogP contribution in [0.5, 0.6) is 0 Å². The average molecular weight is 315 g/mol. The van der Waals surface area contributed by atoms with E-state index in [0.717, 1.165) is 19.4 Å². The summed E-state index contributed by atoms with van der Waals surface area (Å²) in [5.74, 6) is 0.138. The van der Waals surface area contributed by atoms with Crippen molar-refractivity contribution in [3.05, 3.63) is 12.2 Å². The van der Waals surface area contributed by atoms with Crippen LogP contribution in [-0.4, -0.2) is 80.0 Å². The Morgan fingerprint density at radius 2 is 1.81 bits per heavy atom. The highest BCUT2D eigenvalue weighted by molar-refractivity contribution is 7.89. The van der Waals surface area contributed by atoms with Crippen molar-refractivity contribution in [2.75, 3.05) is 45.5 Å². The average Bonchev–Trinajstić information content (AvgIpc) is 2.83. The van der Waals surface area contributed by atoms with E-state index in [-0.39, 0.29) is 17.7 Å². The molecule has 0 aromatic rings. The highest BCUT2D eigenvalue weighted by atomic mass is 32.2. The fourth-order valence-electron chi connectivity index (χ4n) is 3.02. The Labute approximate surface area is 127 Å². The Hall–Kier alpha value is -0.920. The normalized spacial score (nSPS) is 25.2. The first-order valence-electron chi connectivity index (χ1n) is 7.42.